The Hall–Kier alpha value is -2.75. The van der Waals surface area contributed by atoms with Crippen LogP contribution in [0.15, 0.2) is 23.0 Å². The first kappa shape index (κ1) is 10.8. The average molecular weight is 230 g/mol. The fraction of sp³-hybridized carbons (Fsp3) is 0.100. The molecule has 0 spiro atoms. The molecule has 0 saturated carbocycles. The molecule has 2 rings (SSSR count). The van der Waals surface area contributed by atoms with Crippen molar-refractivity contribution in [2.24, 2.45) is 0 Å². The summed E-state index contributed by atoms with van der Waals surface area (Å²) in [6.45, 7) is 0. The third-order valence-electron chi connectivity index (χ3n) is 2.20. The SMILES string of the molecule is N#CCc1nc2ccc([N+](=O)[O-])cc2c(=O)[nH]1. The highest BCUT2D eigenvalue weighted by Crippen LogP contribution is 2.16. The average Bonchev–Trinajstić information content (AvgIpc) is 2.29. The van der Waals surface area contributed by atoms with Crippen molar-refractivity contribution in [3.8, 4) is 6.07 Å². The van der Waals surface area contributed by atoms with Gasteiger partial charge in [0.1, 0.15) is 5.82 Å². The summed E-state index contributed by atoms with van der Waals surface area (Å²) in [6, 6.07) is 5.69. The maximum absolute atomic E-state index is 11.6. The first-order chi connectivity index (χ1) is 8.11. The molecule has 0 radical (unpaired) electrons. The molecule has 0 aliphatic carbocycles. The highest BCUT2D eigenvalue weighted by atomic mass is 16.6. The lowest BCUT2D eigenvalue weighted by Crippen LogP contribution is -2.11. The quantitative estimate of drug-likeness (QED) is 0.608. The van der Waals surface area contributed by atoms with Gasteiger partial charge in [-0.3, -0.25) is 14.9 Å². The van der Waals surface area contributed by atoms with Crippen LogP contribution in [0.5, 0.6) is 0 Å². The van der Waals surface area contributed by atoms with Crippen molar-refractivity contribution >= 4 is 16.6 Å². The van der Waals surface area contributed by atoms with Crippen LogP contribution in [0.2, 0.25) is 0 Å². The molecule has 0 fully saturated rings. The minimum Gasteiger partial charge on any atom is -0.309 e. The van der Waals surface area contributed by atoms with Crippen LogP contribution >= 0.6 is 0 Å². The van der Waals surface area contributed by atoms with Crippen molar-refractivity contribution in [1.29, 1.82) is 5.26 Å². The number of hydrogen-bond acceptors (Lipinski definition) is 5. The second-order valence-corrected chi connectivity index (χ2v) is 3.31. The van der Waals surface area contributed by atoms with Crippen molar-refractivity contribution in [1.82, 2.24) is 9.97 Å². The number of rotatable bonds is 2. The molecule has 1 heterocycles. The van der Waals surface area contributed by atoms with E-state index in [9.17, 15) is 14.9 Å². The fourth-order valence-electron chi connectivity index (χ4n) is 1.45. The minimum absolute atomic E-state index is 0.0117. The van der Waals surface area contributed by atoms with Crippen molar-refractivity contribution in [3.63, 3.8) is 0 Å². The summed E-state index contributed by atoms with van der Waals surface area (Å²) in [7, 11) is 0. The molecule has 0 unspecified atom stereocenters. The standard InChI is InChI=1S/C10H6N4O3/c11-4-3-9-12-8-2-1-6(14(16)17)5-7(8)10(15)13-9/h1-2,5H,3H2,(H,12,13,15). The summed E-state index contributed by atoms with van der Waals surface area (Å²) in [5, 5.41) is 19.2. The molecular formula is C10H6N4O3. The van der Waals surface area contributed by atoms with E-state index in [1.165, 1.54) is 12.1 Å². The van der Waals surface area contributed by atoms with Crippen molar-refractivity contribution in [3.05, 3.63) is 44.5 Å². The van der Waals surface area contributed by atoms with Gasteiger partial charge in [-0.25, -0.2) is 4.98 Å². The predicted molar refractivity (Wildman–Crippen MR) is 58.3 cm³/mol. The number of nitriles is 1. The molecule has 84 valence electrons. The maximum atomic E-state index is 11.6. The largest absolute Gasteiger partial charge is 0.309 e. The number of aromatic amines is 1. The molecule has 2 aromatic rings. The number of nitrogens with one attached hydrogen (secondary N) is 1. The topological polar surface area (TPSA) is 113 Å². The smallest absolute Gasteiger partial charge is 0.270 e. The van der Waals surface area contributed by atoms with Gasteiger partial charge in [0.2, 0.25) is 0 Å². The molecule has 7 heteroatoms. The number of non-ortho nitro benzene ring substituents is 1. The molecule has 0 atom stereocenters. The van der Waals surface area contributed by atoms with E-state index in [-0.39, 0.29) is 23.3 Å². The number of aromatic nitrogens is 2. The Balaban J connectivity index is 2.69. The van der Waals surface area contributed by atoms with Gasteiger partial charge in [0.05, 0.1) is 28.3 Å². The van der Waals surface area contributed by atoms with E-state index in [1.807, 2.05) is 6.07 Å². The minimum atomic E-state index is -0.581. The molecule has 1 aromatic carbocycles. The van der Waals surface area contributed by atoms with Gasteiger partial charge in [-0.15, -0.1) is 0 Å². The summed E-state index contributed by atoms with van der Waals surface area (Å²) in [5.41, 5.74) is -0.314. The Kier molecular flexibility index (Phi) is 2.54. The van der Waals surface area contributed by atoms with E-state index in [1.54, 1.807) is 0 Å². The summed E-state index contributed by atoms with van der Waals surface area (Å²) in [6.07, 6.45) is -0.0117. The van der Waals surface area contributed by atoms with Crippen LogP contribution in [0.3, 0.4) is 0 Å². The van der Waals surface area contributed by atoms with Crippen LogP contribution < -0.4 is 5.56 Å². The van der Waals surface area contributed by atoms with Gasteiger partial charge >= 0.3 is 0 Å². The Bertz CT molecular complexity index is 699. The Morgan fingerprint density at radius 2 is 2.29 bits per heavy atom. The molecule has 1 aromatic heterocycles. The number of fused-ring (bicyclic) bond motifs is 1. The van der Waals surface area contributed by atoms with E-state index < -0.39 is 10.5 Å². The second kappa shape index (κ2) is 4.02. The van der Waals surface area contributed by atoms with E-state index in [4.69, 9.17) is 5.26 Å². The zero-order chi connectivity index (χ0) is 12.4. The van der Waals surface area contributed by atoms with Crippen LogP contribution in [-0.2, 0) is 6.42 Å². The van der Waals surface area contributed by atoms with Crippen LogP contribution in [-0.4, -0.2) is 14.9 Å². The number of nitrogens with zero attached hydrogens (tertiary/aromatic N) is 3. The lowest BCUT2D eigenvalue weighted by Gasteiger charge is -1.99. The van der Waals surface area contributed by atoms with Gasteiger partial charge in [0.25, 0.3) is 11.2 Å². The van der Waals surface area contributed by atoms with Gasteiger partial charge < -0.3 is 4.98 Å². The maximum Gasteiger partial charge on any atom is 0.270 e. The number of H-pyrrole nitrogens is 1. The molecule has 0 aliphatic heterocycles. The fourth-order valence-corrected chi connectivity index (χ4v) is 1.45. The number of nitro benzene ring substituents is 1. The number of hydrogen-bond donors (Lipinski definition) is 1. The van der Waals surface area contributed by atoms with Crippen molar-refractivity contribution in [2.75, 3.05) is 0 Å². The third-order valence-corrected chi connectivity index (χ3v) is 2.20. The lowest BCUT2D eigenvalue weighted by atomic mass is 10.2. The van der Waals surface area contributed by atoms with Gasteiger partial charge in [0, 0.05) is 12.1 Å². The normalized spacial score (nSPS) is 10.1. The molecule has 0 saturated heterocycles. The summed E-state index contributed by atoms with van der Waals surface area (Å²) >= 11 is 0. The highest BCUT2D eigenvalue weighted by Gasteiger charge is 2.10. The Labute approximate surface area is 94.5 Å². The number of nitro groups is 1. The second-order valence-electron chi connectivity index (χ2n) is 3.31. The third kappa shape index (κ3) is 1.96. The molecule has 0 amide bonds. The van der Waals surface area contributed by atoms with Gasteiger partial charge in [-0.2, -0.15) is 5.26 Å². The molecule has 0 aliphatic rings. The van der Waals surface area contributed by atoms with E-state index >= 15 is 0 Å². The van der Waals surface area contributed by atoms with Gasteiger partial charge in [-0.05, 0) is 6.07 Å². The summed E-state index contributed by atoms with van der Waals surface area (Å²) in [5.74, 6) is 0.249. The van der Waals surface area contributed by atoms with E-state index in [0.29, 0.717) is 5.52 Å². The first-order valence-corrected chi connectivity index (χ1v) is 4.66. The zero-order valence-corrected chi connectivity index (χ0v) is 8.51. The molecule has 17 heavy (non-hydrogen) atoms. The predicted octanol–water partition coefficient (Wildman–Crippen LogP) is 0.897. The van der Waals surface area contributed by atoms with Gasteiger partial charge in [-0.1, -0.05) is 0 Å². The Morgan fingerprint density at radius 3 is 2.94 bits per heavy atom. The summed E-state index contributed by atoms with van der Waals surface area (Å²) in [4.78, 5) is 28.0. The monoisotopic (exact) mass is 230 g/mol. The van der Waals surface area contributed by atoms with Crippen LogP contribution in [0.25, 0.3) is 10.9 Å². The lowest BCUT2D eigenvalue weighted by molar-refractivity contribution is -0.384. The zero-order valence-electron chi connectivity index (χ0n) is 8.51. The molecular weight excluding hydrogens is 224 g/mol. The molecule has 0 bridgehead atoms. The van der Waals surface area contributed by atoms with Crippen LogP contribution in [0.1, 0.15) is 5.82 Å². The van der Waals surface area contributed by atoms with E-state index in [2.05, 4.69) is 9.97 Å². The van der Waals surface area contributed by atoms with Crippen molar-refractivity contribution in [2.45, 2.75) is 6.42 Å². The van der Waals surface area contributed by atoms with Crippen LogP contribution in [0, 0.1) is 21.4 Å². The van der Waals surface area contributed by atoms with E-state index in [0.717, 1.165) is 6.07 Å². The molecule has 7 nitrogen and oxygen atoms in total. The van der Waals surface area contributed by atoms with Crippen LogP contribution in [0.4, 0.5) is 5.69 Å². The summed E-state index contributed by atoms with van der Waals surface area (Å²) < 4.78 is 0. The molecule has 1 N–H and O–H groups in total. The number of benzene rings is 1. The van der Waals surface area contributed by atoms with Gasteiger partial charge in [0.15, 0.2) is 0 Å². The van der Waals surface area contributed by atoms with Crippen molar-refractivity contribution < 1.29 is 4.92 Å². The highest BCUT2D eigenvalue weighted by molar-refractivity contribution is 5.80. The Morgan fingerprint density at radius 1 is 1.53 bits per heavy atom. The first-order valence-electron chi connectivity index (χ1n) is 4.66.